The second-order valence-electron chi connectivity index (χ2n) is 7.32. The quantitative estimate of drug-likeness (QED) is 0.686. The molecule has 1 aliphatic heterocycles. The van der Waals surface area contributed by atoms with Crippen molar-refractivity contribution in [2.75, 3.05) is 24.2 Å². The van der Waals surface area contributed by atoms with E-state index in [0.717, 1.165) is 53.5 Å². The highest BCUT2D eigenvalue weighted by molar-refractivity contribution is 7.98. The topological polar surface area (TPSA) is 62.5 Å². The van der Waals surface area contributed by atoms with Crippen molar-refractivity contribution < 1.29 is 4.79 Å². The Morgan fingerprint density at radius 1 is 1.29 bits per heavy atom. The van der Waals surface area contributed by atoms with Crippen LogP contribution in [0, 0.1) is 13.8 Å². The number of nitrogens with zero attached hydrogens (tertiary/aromatic N) is 4. The van der Waals surface area contributed by atoms with Crippen molar-refractivity contribution in [1.29, 1.82) is 0 Å². The smallest absolute Gasteiger partial charge is 0.217 e. The van der Waals surface area contributed by atoms with Gasteiger partial charge in [-0.3, -0.25) is 4.79 Å². The molecular formula is C21H25N5OS. The number of amides is 1. The van der Waals surface area contributed by atoms with Crippen molar-refractivity contribution in [2.45, 2.75) is 38.1 Å². The molecule has 1 atom stereocenters. The van der Waals surface area contributed by atoms with Gasteiger partial charge in [0.25, 0.3) is 0 Å². The molecule has 1 aromatic carbocycles. The number of benzene rings is 1. The summed E-state index contributed by atoms with van der Waals surface area (Å²) in [6, 6.07) is 10.8. The molecule has 146 valence electrons. The summed E-state index contributed by atoms with van der Waals surface area (Å²) in [5.41, 5.74) is 6.03. The molecule has 0 aliphatic carbocycles. The molecule has 1 fully saturated rings. The third kappa shape index (κ3) is 3.46. The van der Waals surface area contributed by atoms with Gasteiger partial charge in [-0.25, -0.2) is 9.50 Å². The minimum Gasteiger partial charge on any atom is -0.366 e. The molecule has 7 heteroatoms. The number of carbonyl (C=O) groups excluding carboxylic acids is 1. The van der Waals surface area contributed by atoms with Crippen LogP contribution in [-0.2, 0) is 4.79 Å². The average Bonchev–Trinajstić information content (AvgIpc) is 3.24. The number of carbonyl (C=O) groups is 1. The van der Waals surface area contributed by atoms with Gasteiger partial charge in [-0.2, -0.15) is 5.10 Å². The van der Waals surface area contributed by atoms with E-state index in [1.165, 1.54) is 4.90 Å². The van der Waals surface area contributed by atoms with Crippen LogP contribution in [0.1, 0.15) is 24.7 Å². The normalized spacial score (nSPS) is 16.7. The second-order valence-corrected chi connectivity index (χ2v) is 8.20. The van der Waals surface area contributed by atoms with Gasteiger partial charge in [0.05, 0.1) is 22.8 Å². The molecule has 1 unspecified atom stereocenters. The van der Waals surface area contributed by atoms with Crippen LogP contribution in [0.5, 0.6) is 0 Å². The van der Waals surface area contributed by atoms with Crippen molar-refractivity contribution in [3.8, 4) is 11.3 Å². The first-order valence-electron chi connectivity index (χ1n) is 9.49. The number of fused-ring (bicyclic) bond motifs is 1. The van der Waals surface area contributed by atoms with Gasteiger partial charge in [-0.05, 0) is 44.7 Å². The molecule has 0 radical (unpaired) electrons. The fourth-order valence-corrected chi connectivity index (χ4v) is 4.41. The number of rotatable bonds is 4. The van der Waals surface area contributed by atoms with Crippen molar-refractivity contribution >= 4 is 29.0 Å². The van der Waals surface area contributed by atoms with Gasteiger partial charge in [0.15, 0.2) is 5.65 Å². The summed E-state index contributed by atoms with van der Waals surface area (Å²) in [4.78, 5) is 19.8. The minimum absolute atomic E-state index is 0.0236. The number of imidazole rings is 1. The second kappa shape index (κ2) is 7.47. The van der Waals surface area contributed by atoms with E-state index in [-0.39, 0.29) is 11.9 Å². The maximum Gasteiger partial charge on any atom is 0.217 e. The summed E-state index contributed by atoms with van der Waals surface area (Å²) in [5, 5.41) is 7.81. The Hall–Kier alpha value is -2.54. The molecule has 3 aromatic rings. The predicted octanol–water partition coefficient (Wildman–Crippen LogP) is 3.45. The molecule has 28 heavy (non-hydrogen) atoms. The Bertz CT molecular complexity index is 1040. The standard InChI is InChI=1S/C21H25N5OS/c1-13-10-19(25-9-8-17(12-25)23-15(3)27)21-22-14(2)20(26(21)24-13)16-6-5-7-18(11-16)28-4/h5-7,10-11,17H,8-9,12H2,1-4H3,(H,23,27). The SMILES string of the molecule is CSc1cccc(-c2c(C)nc3c(N4CCC(NC(C)=O)C4)cc(C)nn23)c1. The van der Waals surface area contributed by atoms with Crippen LogP contribution in [-0.4, -0.2) is 45.9 Å². The Kier molecular flexibility index (Phi) is 5.02. The van der Waals surface area contributed by atoms with Crippen LogP contribution in [0.2, 0.25) is 0 Å². The maximum absolute atomic E-state index is 11.4. The van der Waals surface area contributed by atoms with Gasteiger partial charge in [0.2, 0.25) is 5.91 Å². The molecule has 1 amide bonds. The zero-order valence-corrected chi connectivity index (χ0v) is 17.5. The third-order valence-corrected chi connectivity index (χ3v) is 5.87. The van der Waals surface area contributed by atoms with Gasteiger partial charge in [0, 0.05) is 36.5 Å². The van der Waals surface area contributed by atoms with Gasteiger partial charge in [-0.1, -0.05) is 12.1 Å². The Balaban J connectivity index is 1.79. The average molecular weight is 396 g/mol. The van der Waals surface area contributed by atoms with Crippen molar-refractivity contribution in [3.05, 3.63) is 41.7 Å². The summed E-state index contributed by atoms with van der Waals surface area (Å²) in [5.74, 6) is 0.0236. The van der Waals surface area contributed by atoms with Crippen LogP contribution in [0.25, 0.3) is 16.9 Å². The van der Waals surface area contributed by atoms with E-state index in [4.69, 9.17) is 10.1 Å². The molecule has 2 aromatic heterocycles. The van der Waals surface area contributed by atoms with E-state index in [1.807, 2.05) is 18.4 Å². The number of nitrogens with one attached hydrogen (secondary N) is 1. The highest BCUT2D eigenvalue weighted by Crippen LogP contribution is 2.32. The summed E-state index contributed by atoms with van der Waals surface area (Å²) < 4.78 is 1.98. The van der Waals surface area contributed by atoms with Crippen LogP contribution in [0.3, 0.4) is 0 Å². The first-order valence-corrected chi connectivity index (χ1v) is 10.7. The minimum atomic E-state index is 0.0236. The zero-order valence-electron chi connectivity index (χ0n) is 16.7. The Morgan fingerprint density at radius 2 is 2.11 bits per heavy atom. The van der Waals surface area contributed by atoms with Gasteiger partial charge < -0.3 is 10.2 Å². The summed E-state index contributed by atoms with van der Waals surface area (Å²) in [6.07, 6.45) is 3.02. The molecule has 0 spiro atoms. The van der Waals surface area contributed by atoms with Gasteiger partial charge in [-0.15, -0.1) is 11.8 Å². The van der Waals surface area contributed by atoms with E-state index >= 15 is 0 Å². The molecule has 1 saturated heterocycles. The van der Waals surface area contributed by atoms with E-state index in [9.17, 15) is 4.79 Å². The first-order chi connectivity index (χ1) is 13.5. The Morgan fingerprint density at radius 3 is 2.86 bits per heavy atom. The van der Waals surface area contributed by atoms with E-state index in [0.29, 0.717) is 0 Å². The van der Waals surface area contributed by atoms with Crippen molar-refractivity contribution in [3.63, 3.8) is 0 Å². The van der Waals surface area contributed by atoms with Gasteiger partial charge in [0.1, 0.15) is 0 Å². The summed E-state index contributed by atoms with van der Waals surface area (Å²) in [6.45, 7) is 7.32. The number of hydrogen-bond donors (Lipinski definition) is 1. The first kappa shape index (κ1) is 18.8. The molecular weight excluding hydrogens is 370 g/mol. The monoisotopic (exact) mass is 395 g/mol. The lowest BCUT2D eigenvalue weighted by Crippen LogP contribution is -2.35. The molecule has 3 heterocycles. The van der Waals surface area contributed by atoms with E-state index < -0.39 is 0 Å². The number of aromatic nitrogens is 3. The summed E-state index contributed by atoms with van der Waals surface area (Å²) in [7, 11) is 0. The van der Waals surface area contributed by atoms with Crippen molar-refractivity contribution in [1.82, 2.24) is 19.9 Å². The number of anilines is 1. The lowest BCUT2D eigenvalue weighted by molar-refractivity contribution is -0.119. The zero-order chi connectivity index (χ0) is 19.8. The number of hydrogen-bond acceptors (Lipinski definition) is 5. The highest BCUT2D eigenvalue weighted by Gasteiger charge is 2.26. The van der Waals surface area contributed by atoms with Crippen LogP contribution in [0.4, 0.5) is 5.69 Å². The summed E-state index contributed by atoms with van der Waals surface area (Å²) >= 11 is 1.73. The van der Waals surface area contributed by atoms with Crippen LogP contribution in [0.15, 0.2) is 35.2 Å². The molecule has 6 nitrogen and oxygen atoms in total. The van der Waals surface area contributed by atoms with Crippen LogP contribution >= 0.6 is 11.8 Å². The van der Waals surface area contributed by atoms with Crippen LogP contribution < -0.4 is 10.2 Å². The molecule has 0 bridgehead atoms. The van der Waals surface area contributed by atoms with E-state index in [1.54, 1.807) is 18.7 Å². The predicted molar refractivity (Wildman–Crippen MR) is 114 cm³/mol. The lowest BCUT2D eigenvalue weighted by atomic mass is 10.1. The van der Waals surface area contributed by atoms with E-state index in [2.05, 4.69) is 46.8 Å². The molecule has 4 rings (SSSR count). The maximum atomic E-state index is 11.4. The number of aryl methyl sites for hydroxylation is 2. The van der Waals surface area contributed by atoms with Gasteiger partial charge >= 0.3 is 0 Å². The molecule has 1 N–H and O–H groups in total. The fraction of sp³-hybridized carbons (Fsp3) is 0.381. The Labute approximate surface area is 169 Å². The third-order valence-electron chi connectivity index (χ3n) is 5.14. The lowest BCUT2D eigenvalue weighted by Gasteiger charge is -2.20. The highest BCUT2D eigenvalue weighted by atomic mass is 32.2. The number of thioether (sulfide) groups is 1. The molecule has 1 aliphatic rings. The van der Waals surface area contributed by atoms with Crippen molar-refractivity contribution in [2.24, 2.45) is 0 Å². The fourth-order valence-electron chi connectivity index (χ4n) is 3.95. The largest absolute Gasteiger partial charge is 0.366 e. The molecule has 0 saturated carbocycles.